The van der Waals surface area contributed by atoms with E-state index in [0.717, 1.165) is 5.56 Å². The lowest BCUT2D eigenvalue weighted by molar-refractivity contribution is -0.568. The molecule has 0 bridgehead atoms. The van der Waals surface area contributed by atoms with Gasteiger partial charge in [0.15, 0.2) is 24.4 Å². The molecule has 0 aliphatic rings. The summed E-state index contributed by atoms with van der Waals surface area (Å²) in [6.45, 7) is 1.99. The first-order valence-corrected chi connectivity index (χ1v) is 5.70. The van der Waals surface area contributed by atoms with Gasteiger partial charge in [-0.25, -0.2) is 0 Å². The van der Waals surface area contributed by atoms with Gasteiger partial charge in [0.1, 0.15) is 0 Å². The average molecular weight is 239 g/mol. The Morgan fingerprint density at radius 1 is 1.11 bits per heavy atom. The van der Waals surface area contributed by atoms with Crippen LogP contribution in [-0.4, -0.2) is 5.78 Å². The zero-order valence-corrected chi connectivity index (χ0v) is 10.2. The Labute approximate surface area is 106 Å². The van der Waals surface area contributed by atoms with Crippen molar-refractivity contribution in [1.29, 1.82) is 0 Å². The molecule has 0 saturated heterocycles. The molecule has 3 nitrogen and oxygen atoms in total. The number of nitrogen functional groups attached to an aromatic ring is 1. The monoisotopic (exact) mass is 239 g/mol. The van der Waals surface area contributed by atoms with Crippen LogP contribution in [0, 0.1) is 6.92 Å². The van der Waals surface area contributed by atoms with Crippen molar-refractivity contribution in [2.75, 3.05) is 5.73 Å². The molecule has 0 spiro atoms. The summed E-state index contributed by atoms with van der Waals surface area (Å²) in [5.41, 5.74) is 8.11. The van der Waals surface area contributed by atoms with Crippen molar-refractivity contribution in [2.45, 2.75) is 6.92 Å². The number of hydrogen-bond donors (Lipinski definition) is 1. The van der Waals surface area contributed by atoms with Crippen LogP contribution in [0.5, 0.6) is 0 Å². The molecule has 18 heavy (non-hydrogen) atoms. The number of anilines is 1. The first-order chi connectivity index (χ1) is 8.65. The summed E-state index contributed by atoms with van der Waals surface area (Å²) in [4.78, 5) is 11.9. The van der Waals surface area contributed by atoms with Gasteiger partial charge in [-0.15, -0.1) is 0 Å². The molecule has 0 fully saturated rings. The third kappa shape index (κ3) is 3.04. The first-order valence-electron chi connectivity index (χ1n) is 5.70. The highest BCUT2D eigenvalue weighted by Crippen LogP contribution is 2.04. The number of aryl methyl sites for hydroxylation is 1. The molecule has 0 unspecified atom stereocenters. The lowest BCUT2D eigenvalue weighted by Crippen LogP contribution is -2.24. The van der Waals surface area contributed by atoms with Crippen molar-refractivity contribution >= 4 is 17.7 Å². The van der Waals surface area contributed by atoms with Gasteiger partial charge in [0.2, 0.25) is 0 Å². The van der Waals surface area contributed by atoms with E-state index in [1.54, 1.807) is 41.4 Å². The van der Waals surface area contributed by atoms with Gasteiger partial charge in [0.25, 0.3) is 0 Å². The number of hydrogen-bond acceptors (Lipinski definition) is 2. The van der Waals surface area contributed by atoms with Crippen molar-refractivity contribution in [3.05, 3.63) is 66.0 Å². The number of carbonyl (C=O) groups excluding carboxylic acids is 1. The van der Waals surface area contributed by atoms with Crippen LogP contribution in [0.1, 0.15) is 15.9 Å². The van der Waals surface area contributed by atoms with E-state index < -0.39 is 0 Å². The Morgan fingerprint density at radius 3 is 2.33 bits per heavy atom. The van der Waals surface area contributed by atoms with Gasteiger partial charge >= 0.3 is 0 Å². The molecule has 0 atom stereocenters. The van der Waals surface area contributed by atoms with E-state index in [-0.39, 0.29) is 5.78 Å². The molecule has 1 heterocycles. The number of nitrogens with two attached hydrogens (primary N) is 1. The molecule has 3 heteroatoms. The van der Waals surface area contributed by atoms with Gasteiger partial charge in [0.05, 0.1) is 6.08 Å². The molecule has 2 N–H and O–H groups in total. The van der Waals surface area contributed by atoms with Crippen molar-refractivity contribution in [2.24, 2.45) is 0 Å². The minimum Gasteiger partial charge on any atom is -0.398 e. The van der Waals surface area contributed by atoms with E-state index in [2.05, 4.69) is 0 Å². The highest BCUT2D eigenvalue weighted by Gasteiger charge is 2.02. The van der Waals surface area contributed by atoms with Crippen LogP contribution in [0.4, 0.5) is 5.69 Å². The second-order valence-corrected chi connectivity index (χ2v) is 4.12. The van der Waals surface area contributed by atoms with E-state index in [1.165, 1.54) is 0 Å². The normalized spacial score (nSPS) is 10.7. The van der Waals surface area contributed by atoms with Crippen LogP contribution >= 0.6 is 0 Å². The van der Waals surface area contributed by atoms with Gasteiger partial charge in [-0.05, 0) is 6.92 Å². The summed E-state index contributed by atoms with van der Waals surface area (Å²) in [5, 5.41) is 0. The van der Waals surface area contributed by atoms with Crippen molar-refractivity contribution in [3.63, 3.8) is 0 Å². The van der Waals surface area contributed by atoms with Crippen molar-refractivity contribution in [3.8, 4) is 0 Å². The fourth-order valence-electron chi connectivity index (χ4n) is 1.52. The van der Waals surface area contributed by atoms with Crippen LogP contribution in [-0.2, 0) is 0 Å². The highest BCUT2D eigenvalue weighted by molar-refractivity contribution is 6.05. The maximum atomic E-state index is 11.9. The number of pyridine rings is 1. The van der Waals surface area contributed by atoms with Gasteiger partial charge in [0, 0.05) is 23.4 Å². The fourth-order valence-corrected chi connectivity index (χ4v) is 1.52. The molecule has 0 radical (unpaired) electrons. The molecule has 0 amide bonds. The van der Waals surface area contributed by atoms with Crippen molar-refractivity contribution in [1.82, 2.24) is 0 Å². The van der Waals surface area contributed by atoms with Crippen LogP contribution in [0.2, 0.25) is 0 Å². The minimum atomic E-state index is -0.0145. The maximum absolute atomic E-state index is 11.9. The van der Waals surface area contributed by atoms with Crippen LogP contribution in [0.15, 0.2) is 54.9 Å². The molecule has 1 aromatic heterocycles. The smallest absolute Gasteiger partial charge is 0.191 e. The van der Waals surface area contributed by atoms with E-state index in [0.29, 0.717) is 11.3 Å². The average Bonchev–Trinajstić information content (AvgIpc) is 2.38. The second kappa shape index (κ2) is 5.27. The van der Waals surface area contributed by atoms with Crippen LogP contribution in [0.3, 0.4) is 0 Å². The Hall–Kier alpha value is -2.42. The molecule has 2 rings (SSSR count). The first kappa shape index (κ1) is 12.0. The fraction of sp³-hybridized carbons (Fsp3) is 0.0667. The molecular weight excluding hydrogens is 224 g/mol. The predicted molar refractivity (Wildman–Crippen MR) is 71.9 cm³/mol. The number of ketones is 1. The Balaban J connectivity index is 2.11. The number of nitrogens with zero attached hydrogens (tertiary/aromatic N) is 1. The Kier molecular flexibility index (Phi) is 3.53. The van der Waals surface area contributed by atoms with Gasteiger partial charge in [-0.3, -0.25) is 4.79 Å². The molecule has 1 aromatic carbocycles. The van der Waals surface area contributed by atoms with Gasteiger partial charge < -0.3 is 5.73 Å². The second-order valence-electron chi connectivity index (χ2n) is 4.12. The van der Waals surface area contributed by atoms with E-state index in [9.17, 15) is 4.79 Å². The van der Waals surface area contributed by atoms with Crippen molar-refractivity contribution < 1.29 is 9.36 Å². The summed E-state index contributed by atoms with van der Waals surface area (Å²) < 4.78 is 1.78. The molecule has 0 aliphatic carbocycles. The maximum Gasteiger partial charge on any atom is 0.191 e. The zero-order chi connectivity index (χ0) is 13.0. The Bertz CT molecular complexity index is 568. The minimum absolute atomic E-state index is 0.0145. The predicted octanol–water partition coefficient (Wildman–Crippen LogP) is 2.22. The summed E-state index contributed by atoms with van der Waals surface area (Å²) >= 11 is 0. The standard InChI is InChI=1S/C15H14N2O/c1-12-2-4-13(5-3-12)15(18)8-11-17-9-6-14(16)7-10-17/h2-11,16H,1H3/p+1/b11-8+. The largest absolute Gasteiger partial charge is 0.398 e. The molecule has 0 aliphatic heterocycles. The van der Waals surface area contributed by atoms with Gasteiger partial charge in [-0.1, -0.05) is 29.8 Å². The summed E-state index contributed by atoms with van der Waals surface area (Å²) in [6.07, 6.45) is 6.85. The number of benzene rings is 1. The molecule has 90 valence electrons. The SMILES string of the molecule is Cc1ccc(C(=O)/C=C/[n+]2ccc(N)cc2)cc1. The number of rotatable bonds is 3. The number of carbonyl (C=O) groups is 1. The Morgan fingerprint density at radius 2 is 1.72 bits per heavy atom. The lowest BCUT2D eigenvalue weighted by Gasteiger charge is -1.95. The zero-order valence-electron chi connectivity index (χ0n) is 10.2. The number of aromatic nitrogens is 1. The molecule has 2 aromatic rings. The van der Waals surface area contributed by atoms with Crippen LogP contribution < -0.4 is 10.3 Å². The summed E-state index contributed by atoms with van der Waals surface area (Å²) in [7, 11) is 0. The third-order valence-electron chi connectivity index (χ3n) is 2.61. The highest BCUT2D eigenvalue weighted by atomic mass is 16.1. The lowest BCUT2D eigenvalue weighted by atomic mass is 10.1. The summed E-state index contributed by atoms with van der Waals surface area (Å²) in [5.74, 6) is -0.0145. The van der Waals surface area contributed by atoms with Crippen LogP contribution in [0.25, 0.3) is 6.20 Å². The van der Waals surface area contributed by atoms with E-state index in [4.69, 9.17) is 5.73 Å². The molecular formula is C15H15N2O+. The topological polar surface area (TPSA) is 47.0 Å². The van der Waals surface area contributed by atoms with E-state index >= 15 is 0 Å². The molecule has 0 saturated carbocycles. The third-order valence-corrected chi connectivity index (χ3v) is 2.61. The van der Waals surface area contributed by atoms with E-state index in [1.807, 2.05) is 31.2 Å². The summed E-state index contributed by atoms with van der Waals surface area (Å²) in [6, 6.07) is 11.1. The van der Waals surface area contributed by atoms with Gasteiger partial charge in [-0.2, -0.15) is 4.57 Å². The number of allylic oxidation sites excluding steroid dienone is 1. The quantitative estimate of drug-likeness (QED) is 0.507.